The Labute approximate surface area is 155 Å². The van der Waals surface area contributed by atoms with Gasteiger partial charge < -0.3 is 4.90 Å². The van der Waals surface area contributed by atoms with E-state index in [1.54, 1.807) is 21.6 Å². The number of hydrogen-bond acceptors (Lipinski definition) is 5. The number of carbonyl (C=O) groups is 1. The Hall–Kier alpha value is -2.61. The van der Waals surface area contributed by atoms with Crippen molar-refractivity contribution in [1.29, 1.82) is 0 Å². The highest BCUT2D eigenvalue weighted by molar-refractivity contribution is 7.99. The molecule has 1 amide bonds. The summed E-state index contributed by atoms with van der Waals surface area (Å²) in [5.41, 5.74) is 0.603. The predicted molar refractivity (Wildman–Crippen MR) is 104 cm³/mol. The summed E-state index contributed by atoms with van der Waals surface area (Å²) in [7, 11) is 0. The van der Waals surface area contributed by atoms with Crippen LogP contribution in [0.4, 0.5) is 0 Å². The third-order valence-electron chi connectivity index (χ3n) is 4.23. The molecule has 0 atom stereocenters. The van der Waals surface area contributed by atoms with Crippen LogP contribution in [0.15, 0.2) is 46.9 Å². The Morgan fingerprint density at radius 3 is 2.69 bits per heavy atom. The van der Waals surface area contributed by atoms with Crippen molar-refractivity contribution in [2.24, 2.45) is 0 Å². The van der Waals surface area contributed by atoms with Crippen LogP contribution in [0.25, 0.3) is 16.7 Å². The predicted octanol–water partition coefficient (Wildman–Crippen LogP) is 2.19. The molecule has 0 N–H and O–H groups in total. The van der Waals surface area contributed by atoms with Crippen LogP contribution in [0.5, 0.6) is 0 Å². The van der Waals surface area contributed by atoms with E-state index in [2.05, 4.69) is 16.8 Å². The lowest BCUT2D eigenvalue weighted by molar-refractivity contribution is -0.127. The summed E-state index contributed by atoms with van der Waals surface area (Å²) in [5, 5.41) is 9.59. The first-order chi connectivity index (χ1) is 12.6. The molecule has 0 aliphatic heterocycles. The molecule has 0 saturated heterocycles. The summed E-state index contributed by atoms with van der Waals surface area (Å²) in [6.45, 7) is 9.33. The lowest BCUT2D eigenvalue weighted by atomic mass is 10.2. The maximum Gasteiger partial charge on any atom is 0.263 e. The first kappa shape index (κ1) is 18.2. The van der Waals surface area contributed by atoms with Crippen molar-refractivity contribution in [1.82, 2.24) is 24.1 Å². The van der Waals surface area contributed by atoms with E-state index in [1.807, 2.05) is 36.4 Å². The number of amides is 1. The number of rotatable bonds is 7. The SMILES string of the molecule is C=CCn1c(=O)c2ccccc2n2c(SCC(=O)N(CC)CC)nnc12. The Morgan fingerprint density at radius 1 is 1.27 bits per heavy atom. The molecule has 0 bridgehead atoms. The van der Waals surface area contributed by atoms with E-state index < -0.39 is 0 Å². The molecule has 1 aromatic carbocycles. The minimum Gasteiger partial charge on any atom is -0.343 e. The van der Waals surface area contributed by atoms with Gasteiger partial charge in [0.15, 0.2) is 5.16 Å². The number of hydrogen-bond donors (Lipinski definition) is 0. The molecule has 7 nitrogen and oxygen atoms in total. The highest BCUT2D eigenvalue weighted by Gasteiger charge is 2.18. The number of allylic oxidation sites excluding steroid dienone is 1. The third-order valence-corrected chi connectivity index (χ3v) is 5.14. The molecule has 0 spiro atoms. The maximum atomic E-state index is 12.7. The Balaban J connectivity index is 2.09. The van der Waals surface area contributed by atoms with Crippen molar-refractivity contribution < 1.29 is 4.79 Å². The van der Waals surface area contributed by atoms with E-state index in [0.717, 1.165) is 5.52 Å². The van der Waals surface area contributed by atoms with Crippen molar-refractivity contribution in [2.75, 3.05) is 18.8 Å². The summed E-state index contributed by atoms with van der Waals surface area (Å²) in [6, 6.07) is 7.34. The topological polar surface area (TPSA) is 72.5 Å². The number of aromatic nitrogens is 4. The Morgan fingerprint density at radius 2 is 2.00 bits per heavy atom. The van der Waals surface area contributed by atoms with E-state index in [1.165, 1.54) is 11.8 Å². The second-order valence-electron chi connectivity index (χ2n) is 5.69. The van der Waals surface area contributed by atoms with E-state index in [9.17, 15) is 9.59 Å². The van der Waals surface area contributed by atoms with Gasteiger partial charge in [0, 0.05) is 19.6 Å². The van der Waals surface area contributed by atoms with Gasteiger partial charge in [-0.3, -0.25) is 18.6 Å². The minimum atomic E-state index is -0.129. The molecule has 0 unspecified atom stereocenters. The van der Waals surface area contributed by atoms with Crippen LogP contribution in [0, 0.1) is 0 Å². The van der Waals surface area contributed by atoms with Gasteiger partial charge in [-0.2, -0.15) is 0 Å². The molecule has 2 aromatic heterocycles. The maximum absolute atomic E-state index is 12.7. The monoisotopic (exact) mass is 371 g/mol. The molecule has 3 rings (SSSR count). The molecule has 0 fully saturated rings. The van der Waals surface area contributed by atoms with E-state index in [-0.39, 0.29) is 17.2 Å². The van der Waals surface area contributed by atoms with Crippen LogP contribution in [0.3, 0.4) is 0 Å². The van der Waals surface area contributed by atoms with Crippen LogP contribution in [0.1, 0.15) is 13.8 Å². The first-order valence-electron chi connectivity index (χ1n) is 8.50. The molecular formula is C18H21N5O2S. The van der Waals surface area contributed by atoms with Crippen LogP contribution in [-0.4, -0.2) is 48.8 Å². The molecule has 136 valence electrons. The molecule has 0 aliphatic carbocycles. The summed E-state index contributed by atoms with van der Waals surface area (Å²) in [5.74, 6) is 0.782. The second-order valence-corrected chi connectivity index (χ2v) is 6.64. The summed E-state index contributed by atoms with van der Waals surface area (Å²) < 4.78 is 3.37. The van der Waals surface area contributed by atoms with Crippen molar-refractivity contribution in [2.45, 2.75) is 25.5 Å². The molecule has 8 heteroatoms. The van der Waals surface area contributed by atoms with Crippen LogP contribution >= 0.6 is 11.8 Å². The number of para-hydroxylation sites is 1. The zero-order chi connectivity index (χ0) is 18.7. The number of nitrogens with zero attached hydrogens (tertiary/aromatic N) is 5. The van der Waals surface area contributed by atoms with Gasteiger partial charge in [0.2, 0.25) is 11.7 Å². The minimum absolute atomic E-state index is 0.0560. The largest absolute Gasteiger partial charge is 0.343 e. The summed E-state index contributed by atoms with van der Waals surface area (Å²) in [6.07, 6.45) is 1.65. The second kappa shape index (κ2) is 7.74. The molecule has 3 aromatic rings. The zero-order valence-electron chi connectivity index (χ0n) is 14.9. The van der Waals surface area contributed by atoms with Gasteiger partial charge in [0.05, 0.1) is 16.7 Å². The zero-order valence-corrected chi connectivity index (χ0v) is 15.7. The van der Waals surface area contributed by atoms with Crippen molar-refractivity contribution in [3.05, 3.63) is 47.3 Å². The molecule has 0 saturated carbocycles. The Bertz CT molecular complexity index is 1020. The van der Waals surface area contributed by atoms with E-state index >= 15 is 0 Å². The fourth-order valence-electron chi connectivity index (χ4n) is 2.91. The van der Waals surface area contributed by atoms with Crippen LogP contribution < -0.4 is 5.56 Å². The van der Waals surface area contributed by atoms with Gasteiger partial charge in [0.25, 0.3) is 5.56 Å². The average Bonchev–Trinajstić information content (AvgIpc) is 3.08. The molecule has 2 heterocycles. The van der Waals surface area contributed by atoms with E-state index in [4.69, 9.17) is 0 Å². The number of thioether (sulfide) groups is 1. The summed E-state index contributed by atoms with van der Waals surface area (Å²) in [4.78, 5) is 26.8. The smallest absolute Gasteiger partial charge is 0.263 e. The van der Waals surface area contributed by atoms with Gasteiger partial charge in [-0.15, -0.1) is 16.8 Å². The standard InChI is InChI=1S/C18H21N5O2S/c1-4-11-22-16(25)13-9-7-8-10-14(13)23-17(22)19-20-18(23)26-12-15(24)21(5-2)6-3/h4,7-10H,1,5-6,11-12H2,2-3H3. The third kappa shape index (κ3) is 3.12. The highest BCUT2D eigenvalue weighted by atomic mass is 32.2. The quantitative estimate of drug-likeness (QED) is 0.470. The molecule has 0 radical (unpaired) electrons. The summed E-state index contributed by atoms with van der Waals surface area (Å²) >= 11 is 1.33. The van der Waals surface area contributed by atoms with Gasteiger partial charge in [0.1, 0.15) is 0 Å². The Kier molecular flexibility index (Phi) is 5.41. The molecule has 26 heavy (non-hydrogen) atoms. The molecule has 0 aliphatic rings. The average molecular weight is 371 g/mol. The lowest BCUT2D eigenvalue weighted by Gasteiger charge is -2.17. The first-order valence-corrected chi connectivity index (χ1v) is 9.49. The van der Waals surface area contributed by atoms with Crippen LogP contribution in [-0.2, 0) is 11.3 Å². The number of carbonyl (C=O) groups excluding carboxylic acids is 1. The van der Waals surface area contributed by atoms with Crippen LogP contribution in [0.2, 0.25) is 0 Å². The van der Waals surface area contributed by atoms with Crippen molar-refractivity contribution >= 4 is 34.3 Å². The lowest BCUT2D eigenvalue weighted by Crippen LogP contribution is -2.31. The number of benzene rings is 1. The normalized spacial score (nSPS) is 11.2. The molecular weight excluding hydrogens is 350 g/mol. The van der Waals surface area contributed by atoms with Crippen molar-refractivity contribution in [3.63, 3.8) is 0 Å². The fraction of sp³-hybridized carbons (Fsp3) is 0.333. The number of fused-ring (bicyclic) bond motifs is 3. The van der Waals surface area contributed by atoms with Gasteiger partial charge in [-0.05, 0) is 26.0 Å². The van der Waals surface area contributed by atoms with Gasteiger partial charge >= 0.3 is 0 Å². The fourth-order valence-corrected chi connectivity index (χ4v) is 3.76. The van der Waals surface area contributed by atoms with Crippen molar-refractivity contribution in [3.8, 4) is 0 Å². The highest BCUT2D eigenvalue weighted by Crippen LogP contribution is 2.21. The van der Waals surface area contributed by atoms with E-state index in [0.29, 0.717) is 36.0 Å². The van der Waals surface area contributed by atoms with Gasteiger partial charge in [-0.1, -0.05) is 30.0 Å². The van der Waals surface area contributed by atoms with Gasteiger partial charge in [-0.25, -0.2) is 0 Å².